The summed E-state index contributed by atoms with van der Waals surface area (Å²) >= 11 is 3.79. The number of ether oxygens (including phenoxy) is 2. The van der Waals surface area contributed by atoms with Crippen molar-refractivity contribution in [3.63, 3.8) is 0 Å². The van der Waals surface area contributed by atoms with Crippen LogP contribution in [0.25, 0.3) is 66.8 Å². The van der Waals surface area contributed by atoms with Gasteiger partial charge < -0.3 is 38.9 Å². The highest BCUT2D eigenvalue weighted by Crippen LogP contribution is 2.66. The van der Waals surface area contributed by atoms with Gasteiger partial charge in [-0.25, -0.2) is 0 Å². The predicted molar refractivity (Wildman–Crippen MR) is 607 cm³/mol. The monoisotopic (exact) mass is 1880 g/mol. The van der Waals surface area contributed by atoms with Crippen molar-refractivity contribution in [2.75, 3.05) is 29.4 Å². The first-order chi connectivity index (χ1) is 71.6. The summed E-state index contributed by atoms with van der Waals surface area (Å²) in [6.45, 7) is 9.71. The minimum Gasteiger partial charge on any atom is -0.453 e. The molecule has 0 aromatic heterocycles. The van der Waals surface area contributed by atoms with E-state index in [1.807, 2.05) is 23.5 Å². The molecule has 0 aliphatic carbocycles. The first-order valence-corrected chi connectivity index (χ1v) is 52.0. The zero-order valence-electron chi connectivity index (χ0n) is 79.8. The Kier molecular flexibility index (Phi) is 17.8. The number of benzene rings is 21. The molecule has 33 rings (SSSR count). The number of fused-ring (bicyclic) bond motifs is 24. The van der Waals surface area contributed by atoms with E-state index >= 15 is 0 Å². The Morgan fingerprint density at radius 2 is 0.400 bits per heavy atom. The second-order valence-corrected chi connectivity index (χ2v) is 42.7. The molecule has 0 radical (unpaired) electrons. The molecule has 8 nitrogen and oxygen atoms in total. The molecular weight excluding hydrogens is 1800 g/mol. The van der Waals surface area contributed by atoms with Crippen LogP contribution in [0.15, 0.2) is 475 Å². The summed E-state index contributed by atoms with van der Waals surface area (Å²) in [7, 11) is 0. The number of nitrogens with zero attached hydrogens (tertiary/aromatic N) is 6. The van der Waals surface area contributed by atoms with Gasteiger partial charge >= 0.3 is 0 Å². The zero-order valence-corrected chi connectivity index (χ0v) is 81.5. The molecule has 12 heterocycles. The third kappa shape index (κ3) is 11.6. The minimum atomic E-state index is -0.159. The van der Waals surface area contributed by atoms with Crippen molar-refractivity contribution < 1.29 is 9.47 Å². The molecule has 13 heteroatoms. The Labute approximate surface area is 852 Å². The third-order valence-corrected chi connectivity index (χ3v) is 34.6. The number of anilines is 18. The van der Waals surface area contributed by atoms with Gasteiger partial charge in [0.15, 0.2) is 23.0 Å². The summed E-state index contributed by atoms with van der Waals surface area (Å²) < 4.78 is 13.3. The molecule has 0 unspecified atom stereocenters. The van der Waals surface area contributed by atoms with Crippen molar-refractivity contribution in [1.29, 1.82) is 0 Å². The molecule has 21 aromatic rings. The van der Waals surface area contributed by atoms with Gasteiger partial charge in [-0.2, -0.15) is 0 Å². The van der Waals surface area contributed by atoms with Crippen LogP contribution < -0.4 is 88.0 Å². The quantitative estimate of drug-likeness (QED) is 0.150. The highest BCUT2D eigenvalue weighted by molar-refractivity contribution is 8.00. The van der Waals surface area contributed by atoms with E-state index < -0.39 is 0 Å². The molecule has 0 atom stereocenters. The average Bonchev–Trinajstić information content (AvgIpc) is 0.670. The molecule has 12 aliphatic heterocycles. The van der Waals surface area contributed by atoms with Gasteiger partial charge in [-0.15, -0.1) is 0 Å². The second kappa shape index (κ2) is 31.2. The maximum absolute atomic E-state index is 6.65. The van der Waals surface area contributed by atoms with E-state index in [1.165, 1.54) is 237 Å². The SMILES string of the molecule is CC1(C)c2ccccc2N2c3c(cccc31)B1c3cccc4c3N(c3ccccc3C4(C)C)c3c(-c4ccccc4)cc(-c4ccccc4)c2c31.c1ccc(-c2cc(-c3ccccc3)c3c4c2N2c5ccccc5Oc5cccc(c52)B4c2cccc4c2N3c2ccccc2O4)cc1.c1ccc(-c2cc(-c3ccccc3)c3c4c2N2c5ccccc5Sc5cccc(c52)B4c2cccc4c2N3c2ccccc2S4)cc1. The van der Waals surface area contributed by atoms with Gasteiger partial charge in [0, 0.05) is 75.2 Å². The lowest BCUT2D eigenvalue weighted by Gasteiger charge is -2.52. The van der Waals surface area contributed by atoms with Gasteiger partial charge in [0.25, 0.3) is 20.1 Å². The van der Waals surface area contributed by atoms with Crippen LogP contribution in [0.5, 0.6) is 23.0 Å². The van der Waals surface area contributed by atoms with Crippen LogP contribution in [0.4, 0.5) is 102 Å². The Morgan fingerprint density at radius 3 is 0.724 bits per heavy atom. The number of hydrogen-bond donors (Lipinski definition) is 0. The summed E-state index contributed by atoms with van der Waals surface area (Å²) in [5.41, 5.74) is 54.0. The highest BCUT2D eigenvalue weighted by Gasteiger charge is 2.56. The van der Waals surface area contributed by atoms with Crippen molar-refractivity contribution in [3.05, 3.63) is 477 Å². The largest absolute Gasteiger partial charge is 0.453 e. The molecule has 0 N–H and O–H groups in total. The Hall–Kier alpha value is -17.1. The molecular formula is C132H87B3N6O2S2. The van der Waals surface area contributed by atoms with E-state index in [0.29, 0.717) is 0 Å². The lowest BCUT2D eigenvalue weighted by molar-refractivity contribution is 0.477. The van der Waals surface area contributed by atoms with Crippen LogP contribution in [-0.2, 0) is 10.8 Å². The molecule has 0 amide bonds. The van der Waals surface area contributed by atoms with E-state index in [0.717, 1.165) is 45.7 Å². The number of hydrogen-bond acceptors (Lipinski definition) is 10. The second-order valence-electron chi connectivity index (χ2n) is 40.6. The fraction of sp³-hybridized carbons (Fsp3) is 0.0455. The molecule has 0 saturated heterocycles. The number of rotatable bonds is 6. The maximum Gasteiger partial charge on any atom is 0.252 e. The summed E-state index contributed by atoms with van der Waals surface area (Å²) in [5, 5.41) is 0. The van der Waals surface area contributed by atoms with Gasteiger partial charge in [0.1, 0.15) is 0 Å². The van der Waals surface area contributed by atoms with Crippen LogP contribution >= 0.6 is 23.5 Å². The third-order valence-electron chi connectivity index (χ3n) is 32.4. The minimum absolute atomic E-state index is 0.0498. The summed E-state index contributed by atoms with van der Waals surface area (Å²) in [4.78, 5) is 20.6. The van der Waals surface area contributed by atoms with E-state index in [-0.39, 0.29) is 31.0 Å². The van der Waals surface area contributed by atoms with Crippen molar-refractivity contribution in [3.8, 4) is 89.8 Å². The van der Waals surface area contributed by atoms with Crippen molar-refractivity contribution in [2.24, 2.45) is 0 Å². The molecule has 145 heavy (non-hydrogen) atoms. The van der Waals surface area contributed by atoms with Crippen LogP contribution in [0.2, 0.25) is 0 Å². The van der Waals surface area contributed by atoms with Gasteiger partial charge in [0.2, 0.25) is 0 Å². The van der Waals surface area contributed by atoms with Gasteiger partial charge in [-0.3, -0.25) is 0 Å². The smallest absolute Gasteiger partial charge is 0.252 e. The Bertz CT molecular complexity index is 8310. The van der Waals surface area contributed by atoms with E-state index in [2.05, 4.69) is 512 Å². The molecule has 12 aliphatic rings. The lowest BCUT2D eigenvalue weighted by Crippen LogP contribution is -2.63. The fourth-order valence-corrected chi connectivity index (χ4v) is 28.6. The van der Waals surface area contributed by atoms with E-state index in [1.54, 1.807) is 0 Å². The van der Waals surface area contributed by atoms with Crippen molar-refractivity contribution in [2.45, 2.75) is 58.1 Å². The predicted octanol–water partition coefficient (Wildman–Crippen LogP) is 29.7. The van der Waals surface area contributed by atoms with Gasteiger partial charge in [0.05, 0.1) is 91.0 Å². The number of para-hydroxylation sites is 14. The van der Waals surface area contributed by atoms with Crippen molar-refractivity contribution >= 4 is 195 Å². The summed E-state index contributed by atoms with van der Waals surface area (Å²) in [6, 6.07) is 167. The fourth-order valence-electron chi connectivity index (χ4n) is 26.4. The van der Waals surface area contributed by atoms with E-state index in [9.17, 15) is 0 Å². The average molecular weight is 1890 g/mol. The first-order valence-electron chi connectivity index (χ1n) is 50.4. The summed E-state index contributed by atoms with van der Waals surface area (Å²) in [6.07, 6.45) is 0. The van der Waals surface area contributed by atoms with Crippen LogP contribution in [0.1, 0.15) is 49.9 Å². The topological polar surface area (TPSA) is 37.9 Å². The molecule has 678 valence electrons. The Balaban J connectivity index is 0.0000000991. The van der Waals surface area contributed by atoms with Crippen LogP contribution in [0, 0.1) is 0 Å². The summed E-state index contributed by atoms with van der Waals surface area (Å²) in [5.74, 6) is 3.44. The molecule has 0 saturated carbocycles. The lowest BCUT2D eigenvalue weighted by atomic mass is 9.32. The Morgan fingerprint density at radius 1 is 0.179 bits per heavy atom. The molecule has 21 aromatic carbocycles. The first kappa shape index (κ1) is 82.6. The standard InChI is InChI=1S/C48H37BN2.C42H25BN2O2.C42H25BN2S2/c1-47(2)34-21-11-13-27-40(34)50-43-32(30-17-7-5-8-18-30)29-33(31-19-9-6-10-20-31)44-42(43)49(38-25-15-23-36(47)45(38)50)39-26-16-24-37-46(39)51(44)41-28-14-12-22-35(41)48(37,3)4;2*1-3-13-26(14-4-1)28-25-29(27-15-5-2-6-16-27)40-38-39(28)44-32-19-7-9-21-34(32)46-36-23-11-17-30(41(36)44)43(38)31-18-12-24-37-42(31)45(40)33-20-8-10-22-35(33)47-37/h5-29H,1-4H3;2*1-25H. The van der Waals surface area contributed by atoms with Crippen LogP contribution in [0.3, 0.4) is 0 Å². The molecule has 0 fully saturated rings. The van der Waals surface area contributed by atoms with E-state index in [4.69, 9.17) is 9.47 Å². The van der Waals surface area contributed by atoms with Gasteiger partial charge in [-0.1, -0.05) is 403 Å². The van der Waals surface area contributed by atoms with Crippen molar-refractivity contribution in [1.82, 2.24) is 0 Å². The van der Waals surface area contributed by atoms with Gasteiger partial charge in [-0.05, 0) is 208 Å². The van der Waals surface area contributed by atoms with Crippen LogP contribution in [-0.4, -0.2) is 20.1 Å². The molecule has 0 spiro atoms. The maximum atomic E-state index is 6.65. The molecule has 0 bridgehead atoms. The zero-order chi connectivity index (χ0) is 95.5. The highest BCUT2D eigenvalue weighted by atomic mass is 32.2. The normalized spacial score (nSPS) is 14.7.